The molecular weight excluding hydrogens is 254 g/mol. The van der Waals surface area contributed by atoms with Crippen LogP contribution in [0.25, 0.3) is 0 Å². The van der Waals surface area contributed by atoms with E-state index in [9.17, 15) is 9.59 Å². The minimum absolute atomic E-state index is 0.0894. The summed E-state index contributed by atoms with van der Waals surface area (Å²) in [6.07, 6.45) is 0.508. The van der Waals surface area contributed by atoms with Gasteiger partial charge in [0.2, 0.25) is 0 Å². The summed E-state index contributed by atoms with van der Waals surface area (Å²) >= 11 is 1.42. The van der Waals surface area contributed by atoms with E-state index < -0.39 is 18.0 Å². The lowest BCUT2D eigenvalue weighted by Gasteiger charge is -2.10. The Morgan fingerprint density at radius 1 is 1.28 bits per heavy atom. The lowest BCUT2D eigenvalue weighted by molar-refractivity contribution is -0.139. The number of benzene rings is 1. The second-order valence-corrected chi connectivity index (χ2v) is 5.42. The van der Waals surface area contributed by atoms with Crippen LogP contribution in [0, 0.1) is 0 Å². The van der Waals surface area contributed by atoms with Gasteiger partial charge >= 0.3 is 11.9 Å². The zero-order chi connectivity index (χ0) is 13.1. The first-order valence-electron chi connectivity index (χ1n) is 5.53. The van der Waals surface area contributed by atoms with Crippen molar-refractivity contribution in [2.24, 2.45) is 0 Å². The number of carbonyl (C=O) groups is 2. The molecule has 0 saturated carbocycles. The maximum atomic E-state index is 11.0. The Morgan fingerprint density at radius 3 is 2.61 bits per heavy atom. The molecule has 1 saturated heterocycles. The predicted molar refractivity (Wildman–Crippen MR) is 67.1 cm³/mol. The van der Waals surface area contributed by atoms with E-state index in [0.29, 0.717) is 17.9 Å². The molecule has 0 aliphatic carbocycles. The van der Waals surface area contributed by atoms with Crippen molar-refractivity contribution >= 4 is 23.7 Å². The van der Waals surface area contributed by atoms with Gasteiger partial charge in [-0.25, -0.2) is 4.79 Å². The van der Waals surface area contributed by atoms with Gasteiger partial charge in [-0.05, 0) is 18.6 Å². The fourth-order valence-electron chi connectivity index (χ4n) is 1.91. The van der Waals surface area contributed by atoms with Crippen LogP contribution in [0.4, 0.5) is 0 Å². The number of hydrogen-bond acceptors (Lipinski definition) is 4. The van der Waals surface area contributed by atoms with Gasteiger partial charge < -0.3 is 15.5 Å². The molecule has 0 aromatic heterocycles. The molecule has 18 heavy (non-hydrogen) atoms. The molecule has 1 aromatic rings. The molecule has 0 unspecified atom stereocenters. The number of nitrogens with one attached hydrogen (secondary N) is 1. The third-order valence-electron chi connectivity index (χ3n) is 2.80. The summed E-state index contributed by atoms with van der Waals surface area (Å²) in [5.41, 5.74) is 0.265. The highest BCUT2D eigenvalue weighted by atomic mass is 32.2. The average molecular weight is 267 g/mol. The van der Waals surface area contributed by atoms with Crippen molar-refractivity contribution in [1.29, 1.82) is 0 Å². The summed E-state index contributed by atoms with van der Waals surface area (Å²) in [7, 11) is 0. The van der Waals surface area contributed by atoms with Gasteiger partial charge in [0.1, 0.15) is 6.04 Å². The predicted octanol–water partition coefficient (Wildman–Crippen LogP) is 1.29. The van der Waals surface area contributed by atoms with E-state index in [1.807, 2.05) is 0 Å². The Labute approximate surface area is 108 Å². The number of hydrogen-bond donors (Lipinski definition) is 3. The number of thioether (sulfide) groups is 1. The summed E-state index contributed by atoms with van der Waals surface area (Å²) in [5, 5.41) is 20.9. The van der Waals surface area contributed by atoms with Crippen molar-refractivity contribution in [3.8, 4) is 0 Å². The molecule has 0 radical (unpaired) electrons. The van der Waals surface area contributed by atoms with Gasteiger partial charge in [0.15, 0.2) is 0 Å². The molecule has 2 rings (SSSR count). The van der Waals surface area contributed by atoms with Crippen molar-refractivity contribution < 1.29 is 19.8 Å². The number of rotatable bonds is 4. The summed E-state index contributed by atoms with van der Waals surface area (Å²) in [5.74, 6) is -1.82. The fraction of sp³-hybridized carbons (Fsp3) is 0.333. The minimum atomic E-state index is -0.959. The van der Waals surface area contributed by atoms with Gasteiger partial charge in [-0.1, -0.05) is 12.1 Å². The van der Waals surface area contributed by atoms with E-state index in [4.69, 9.17) is 10.2 Å². The maximum absolute atomic E-state index is 11.0. The molecule has 0 spiro atoms. The number of carboxylic acids is 2. The van der Waals surface area contributed by atoms with E-state index in [-0.39, 0.29) is 10.8 Å². The van der Waals surface area contributed by atoms with Gasteiger partial charge in [-0.15, -0.1) is 11.8 Å². The molecule has 3 N–H and O–H groups in total. The van der Waals surface area contributed by atoms with E-state index in [2.05, 4.69) is 5.32 Å². The highest BCUT2D eigenvalue weighted by Crippen LogP contribution is 2.31. The molecule has 6 heteroatoms. The lowest BCUT2D eigenvalue weighted by Crippen LogP contribution is -2.29. The summed E-state index contributed by atoms with van der Waals surface area (Å²) in [4.78, 5) is 22.5. The summed E-state index contributed by atoms with van der Waals surface area (Å²) in [6.45, 7) is 0.579. The van der Waals surface area contributed by atoms with Crippen LogP contribution in [0.5, 0.6) is 0 Å². The van der Waals surface area contributed by atoms with E-state index in [0.717, 1.165) is 0 Å². The molecular formula is C12H13NO4S. The zero-order valence-electron chi connectivity index (χ0n) is 9.50. The van der Waals surface area contributed by atoms with Crippen molar-refractivity contribution in [3.05, 3.63) is 29.8 Å². The van der Waals surface area contributed by atoms with Crippen molar-refractivity contribution in [2.75, 3.05) is 6.54 Å². The first-order valence-corrected chi connectivity index (χ1v) is 6.41. The molecule has 0 amide bonds. The Kier molecular flexibility index (Phi) is 3.88. The molecule has 5 nitrogen and oxygen atoms in total. The van der Waals surface area contributed by atoms with Gasteiger partial charge in [0, 0.05) is 16.7 Å². The monoisotopic (exact) mass is 267 g/mol. The number of carboxylic acid groups (broad SMARTS) is 2. The maximum Gasteiger partial charge on any atom is 0.336 e. The second kappa shape index (κ2) is 5.41. The van der Waals surface area contributed by atoms with Crippen LogP contribution in [-0.2, 0) is 4.79 Å². The third-order valence-corrected chi connectivity index (χ3v) is 4.10. The van der Waals surface area contributed by atoms with Crippen LogP contribution in [-0.4, -0.2) is 40.0 Å². The normalized spacial score (nSPS) is 22.9. The molecule has 0 bridgehead atoms. The van der Waals surface area contributed by atoms with Gasteiger partial charge in [0.05, 0.1) is 5.56 Å². The third kappa shape index (κ3) is 2.83. The molecule has 1 fully saturated rings. The van der Waals surface area contributed by atoms with E-state index in [1.165, 1.54) is 11.8 Å². The molecule has 1 heterocycles. The summed E-state index contributed by atoms with van der Waals surface area (Å²) in [6, 6.07) is 6.25. The highest BCUT2D eigenvalue weighted by Gasteiger charge is 2.30. The quantitative estimate of drug-likeness (QED) is 0.762. The Balaban J connectivity index is 2.07. The second-order valence-electron chi connectivity index (χ2n) is 4.08. The van der Waals surface area contributed by atoms with E-state index in [1.54, 1.807) is 24.3 Å². The molecule has 1 aromatic carbocycles. The van der Waals surface area contributed by atoms with Gasteiger partial charge in [-0.2, -0.15) is 0 Å². The first-order chi connectivity index (χ1) is 8.58. The van der Waals surface area contributed by atoms with Crippen molar-refractivity contribution in [1.82, 2.24) is 5.32 Å². The van der Waals surface area contributed by atoms with Crippen LogP contribution in [0.1, 0.15) is 16.8 Å². The van der Waals surface area contributed by atoms with Crippen LogP contribution in [0.3, 0.4) is 0 Å². The molecule has 1 aliphatic rings. The van der Waals surface area contributed by atoms with Crippen LogP contribution >= 0.6 is 11.8 Å². The molecule has 1 aliphatic heterocycles. The van der Waals surface area contributed by atoms with Crippen LogP contribution in [0.15, 0.2) is 29.2 Å². The summed E-state index contributed by atoms with van der Waals surface area (Å²) < 4.78 is 0. The first kappa shape index (κ1) is 12.9. The van der Waals surface area contributed by atoms with Crippen molar-refractivity contribution in [2.45, 2.75) is 22.6 Å². The SMILES string of the molecule is O=C(O)c1ccccc1S[C@H]1CN[C@H](C(=O)O)C1. The molecule has 96 valence electrons. The number of aliphatic carboxylic acids is 1. The Hall–Kier alpha value is -1.53. The van der Waals surface area contributed by atoms with Gasteiger partial charge in [0.25, 0.3) is 0 Å². The number of aromatic carboxylic acids is 1. The van der Waals surface area contributed by atoms with Crippen LogP contribution < -0.4 is 5.32 Å². The largest absolute Gasteiger partial charge is 0.480 e. The van der Waals surface area contributed by atoms with Crippen molar-refractivity contribution in [3.63, 3.8) is 0 Å². The standard InChI is InChI=1S/C12H13NO4S/c14-11(15)8-3-1-2-4-10(8)18-7-5-9(12(16)17)13-6-7/h1-4,7,9,13H,5-6H2,(H,14,15)(H,16,17)/t7-,9+/m1/s1. The fourth-order valence-corrected chi connectivity index (χ4v) is 3.17. The topological polar surface area (TPSA) is 86.6 Å². The highest BCUT2D eigenvalue weighted by molar-refractivity contribution is 8.00. The smallest absolute Gasteiger partial charge is 0.336 e. The average Bonchev–Trinajstić information content (AvgIpc) is 2.78. The Bertz CT molecular complexity index is 477. The van der Waals surface area contributed by atoms with E-state index >= 15 is 0 Å². The Morgan fingerprint density at radius 2 is 2.00 bits per heavy atom. The van der Waals surface area contributed by atoms with Gasteiger partial charge in [-0.3, -0.25) is 4.79 Å². The zero-order valence-corrected chi connectivity index (χ0v) is 10.3. The van der Waals surface area contributed by atoms with Crippen LogP contribution in [0.2, 0.25) is 0 Å². The lowest BCUT2D eigenvalue weighted by atomic mass is 10.2. The minimum Gasteiger partial charge on any atom is -0.480 e. The molecule has 2 atom stereocenters.